The van der Waals surface area contributed by atoms with Gasteiger partial charge in [0.2, 0.25) is 11.8 Å². The molecule has 5 rings (SSSR count). The lowest BCUT2D eigenvalue weighted by molar-refractivity contribution is -0.119. The Bertz CT molecular complexity index is 1320. The van der Waals surface area contributed by atoms with E-state index in [0.29, 0.717) is 17.3 Å². The second kappa shape index (κ2) is 7.88. The Morgan fingerprint density at radius 2 is 1.94 bits per heavy atom. The summed E-state index contributed by atoms with van der Waals surface area (Å²) in [5, 5.41) is 18.7. The number of halogens is 1. The second-order valence-corrected chi connectivity index (χ2v) is 9.26. The van der Waals surface area contributed by atoms with E-state index in [-0.39, 0.29) is 24.5 Å². The molecule has 154 valence electrons. The predicted molar refractivity (Wildman–Crippen MR) is 118 cm³/mol. The van der Waals surface area contributed by atoms with Crippen molar-refractivity contribution >= 4 is 38.9 Å². The minimum absolute atomic E-state index is 0.0468. The average Bonchev–Trinajstić information content (AvgIpc) is 3.20. The number of thiazole rings is 1. The standard InChI is InChI=1S/C23H17ClN4O2S/c24-21-16(14-4-2-1-3-5-14)6-7-17-22(21)31-20(26-17)11-19-28-27-18(30-19)10-15(29)12-23(13-25)8-9-23/h1-7H,8-12H2. The van der Waals surface area contributed by atoms with Crippen molar-refractivity contribution in [3.63, 3.8) is 0 Å². The van der Waals surface area contributed by atoms with Crippen LogP contribution in [0.4, 0.5) is 0 Å². The summed E-state index contributed by atoms with van der Waals surface area (Å²) in [7, 11) is 0. The first kappa shape index (κ1) is 19.9. The van der Waals surface area contributed by atoms with Crippen molar-refractivity contribution in [2.24, 2.45) is 5.41 Å². The molecule has 0 bridgehead atoms. The zero-order valence-corrected chi connectivity index (χ0v) is 18.0. The van der Waals surface area contributed by atoms with Crippen LogP contribution in [0.25, 0.3) is 21.3 Å². The Labute approximate surface area is 187 Å². The van der Waals surface area contributed by atoms with Crippen LogP contribution in [0.3, 0.4) is 0 Å². The maximum absolute atomic E-state index is 12.2. The van der Waals surface area contributed by atoms with E-state index >= 15 is 0 Å². The number of hydrogen-bond donors (Lipinski definition) is 0. The summed E-state index contributed by atoms with van der Waals surface area (Å²) in [5.74, 6) is 0.636. The lowest BCUT2D eigenvalue weighted by Crippen LogP contribution is -2.10. The van der Waals surface area contributed by atoms with Crippen LogP contribution in [0, 0.1) is 16.7 Å². The number of fused-ring (bicyclic) bond motifs is 1. The molecule has 2 heterocycles. The van der Waals surface area contributed by atoms with Crippen molar-refractivity contribution < 1.29 is 9.21 Å². The number of nitriles is 1. The molecule has 0 spiro atoms. The molecule has 0 amide bonds. The summed E-state index contributed by atoms with van der Waals surface area (Å²) in [6, 6.07) is 16.2. The summed E-state index contributed by atoms with van der Waals surface area (Å²) in [4.78, 5) is 16.8. The smallest absolute Gasteiger partial charge is 0.223 e. The molecule has 2 aromatic heterocycles. The normalized spacial score (nSPS) is 14.5. The van der Waals surface area contributed by atoms with Crippen LogP contribution < -0.4 is 0 Å². The number of hydrogen-bond acceptors (Lipinski definition) is 7. The minimum Gasteiger partial charge on any atom is -0.424 e. The average molecular weight is 449 g/mol. The van der Waals surface area contributed by atoms with Gasteiger partial charge >= 0.3 is 0 Å². The van der Waals surface area contributed by atoms with Gasteiger partial charge in [0.15, 0.2) is 0 Å². The topological polar surface area (TPSA) is 92.7 Å². The number of carbonyl (C=O) groups is 1. The minimum atomic E-state index is -0.460. The highest BCUT2D eigenvalue weighted by Crippen LogP contribution is 2.48. The zero-order chi connectivity index (χ0) is 21.4. The van der Waals surface area contributed by atoms with Crippen LogP contribution in [0.2, 0.25) is 5.02 Å². The Morgan fingerprint density at radius 3 is 2.68 bits per heavy atom. The molecule has 6 nitrogen and oxygen atoms in total. The fourth-order valence-corrected chi connectivity index (χ4v) is 4.95. The van der Waals surface area contributed by atoms with Gasteiger partial charge < -0.3 is 4.42 Å². The van der Waals surface area contributed by atoms with E-state index in [1.807, 2.05) is 42.5 Å². The molecule has 1 fully saturated rings. The van der Waals surface area contributed by atoms with Gasteiger partial charge in [0.05, 0.1) is 39.6 Å². The molecule has 0 atom stereocenters. The van der Waals surface area contributed by atoms with Gasteiger partial charge in [-0.3, -0.25) is 4.79 Å². The summed E-state index contributed by atoms with van der Waals surface area (Å²) in [6.07, 6.45) is 2.26. The van der Waals surface area contributed by atoms with Crippen molar-refractivity contribution in [2.45, 2.75) is 32.1 Å². The van der Waals surface area contributed by atoms with E-state index in [1.54, 1.807) is 0 Å². The molecule has 0 saturated heterocycles. The molecule has 0 aliphatic heterocycles. The quantitative estimate of drug-likeness (QED) is 0.376. The van der Waals surface area contributed by atoms with Crippen LogP contribution >= 0.6 is 22.9 Å². The number of benzene rings is 2. The van der Waals surface area contributed by atoms with E-state index in [2.05, 4.69) is 21.3 Å². The highest BCUT2D eigenvalue weighted by atomic mass is 35.5. The molecule has 31 heavy (non-hydrogen) atoms. The van der Waals surface area contributed by atoms with Gasteiger partial charge in [0, 0.05) is 12.0 Å². The summed E-state index contributed by atoms with van der Waals surface area (Å²) < 4.78 is 6.57. The van der Waals surface area contributed by atoms with Crippen molar-refractivity contribution in [1.29, 1.82) is 5.26 Å². The lowest BCUT2D eigenvalue weighted by Gasteiger charge is -2.04. The van der Waals surface area contributed by atoms with Gasteiger partial charge in [0.25, 0.3) is 0 Å². The lowest BCUT2D eigenvalue weighted by atomic mass is 10.00. The summed E-state index contributed by atoms with van der Waals surface area (Å²) in [6.45, 7) is 0. The summed E-state index contributed by atoms with van der Waals surface area (Å²) >= 11 is 8.18. The summed E-state index contributed by atoms with van der Waals surface area (Å²) in [5.41, 5.74) is 2.39. The largest absolute Gasteiger partial charge is 0.424 e. The molecule has 8 heteroatoms. The SMILES string of the molecule is N#CC1(CC(=O)Cc2nnc(Cc3nc4ccc(-c5ccccc5)c(Cl)c4s3)o2)CC1. The van der Waals surface area contributed by atoms with Crippen molar-refractivity contribution in [3.05, 3.63) is 64.3 Å². The first-order valence-corrected chi connectivity index (χ1v) is 11.1. The van der Waals surface area contributed by atoms with E-state index in [9.17, 15) is 4.79 Å². The fraction of sp³-hybridized carbons (Fsp3) is 0.261. The van der Waals surface area contributed by atoms with Crippen LogP contribution in [-0.4, -0.2) is 21.0 Å². The molecule has 1 aliphatic rings. The third-order valence-corrected chi connectivity index (χ3v) is 7.01. The molecule has 2 aromatic carbocycles. The van der Waals surface area contributed by atoms with Crippen LogP contribution in [0.15, 0.2) is 46.9 Å². The maximum Gasteiger partial charge on any atom is 0.223 e. The third kappa shape index (κ3) is 4.09. The number of ketones is 1. The van der Waals surface area contributed by atoms with Crippen molar-refractivity contribution in [3.8, 4) is 17.2 Å². The molecule has 1 saturated carbocycles. The van der Waals surface area contributed by atoms with Gasteiger partial charge in [-0.25, -0.2) is 4.98 Å². The molecular weight excluding hydrogens is 432 g/mol. The predicted octanol–water partition coefficient (Wildman–Crippen LogP) is 5.40. The molecule has 0 unspecified atom stereocenters. The molecular formula is C23H17ClN4O2S. The number of nitrogens with zero attached hydrogens (tertiary/aromatic N) is 4. The van der Waals surface area contributed by atoms with Crippen LogP contribution in [-0.2, 0) is 17.6 Å². The Morgan fingerprint density at radius 1 is 1.16 bits per heavy atom. The van der Waals surface area contributed by atoms with E-state index in [4.69, 9.17) is 21.3 Å². The zero-order valence-electron chi connectivity index (χ0n) is 16.5. The third-order valence-electron chi connectivity index (χ3n) is 5.41. The first-order valence-electron chi connectivity index (χ1n) is 9.93. The van der Waals surface area contributed by atoms with Gasteiger partial charge in [0.1, 0.15) is 10.8 Å². The van der Waals surface area contributed by atoms with E-state index in [1.165, 1.54) is 11.3 Å². The second-order valence-electron chi connectivity index (χ2n) is 7.80. The number of carbonyl (C=O) groups excluding carboxylic acids is 1. The molecule has 1 aliphatic carbocycles. The molecule has 0 N–H and O–H groups in total. The van der Waals surface area contributed by atoms with Crippen molar-refractivity contribution in [2.75, 3.05) is 0 Å². The monoisotopic (exact) mass is 448 g/mol. The van der Waals surface area contributed by atoms with E-state index in [0.717, 1.165) is 39.2 Å². The highest BCUT2D eigenvalue weighted by molar-refractivity contribution is 7.19. The molecule has 4 aromatic rings. The number of Topliss-reactive ketones (excluding diaryl/α,β-unsaturated/α-hetero) is 1. The first-order chi connectivity index (χ1) is 15.0. The Balaban J connectivity index is 1.31. The van der Waals surface area contributed by atoms with Crippen LogP contribution in [0.5, 0.6) is 0 Å². The van der Waals surface area contributed by atoms with Crippen molar-refractivity contribution in [1.82, 2.24) is 15.2 Å². The highest BCUT2D eigenvalue weighted by Gasteiger charge is 2.44. The van der Waals surface area contributed by atoms with Gasteiger partial charge in [-0.1, -0.05) is 48.0 Å². The Hall–Kier alpha value is -3.08. The van der Waals surface area contributed by atoms with Gasteiger partial charge in [-0.05, 0) is 24.5 Å². The fourth-order valence-electron chi connectivity index (χ4n) is 3.57. The van der Waals surface area contributed by atoms with Gasteiger partial charge in [-0.2, -0.15) is 5.26 Å². The van der Waals surface area contributed by atoms with Crippen LogP contribution in [0.1, 0.15) is 36.1 Å². The molecule has 0 radical (unpaired) electrons. The number of aromatic nitrogens is 3. The van der Waals surface area contributed by atoms with Gasteiger partial charge in [-0.15, -0.1) is 21.5 Å². The number of rotatable bonds is 7. The maximum atomic E-state index is 12.2. The Kier molecular flexibility index (Phi) is 5.05. The van der Waals surface area contributed by atoms with E-state index < -0.39 is 5.41 Å².